The van der Waals surface area contributed by atoms with Crippen LogP contribution in [-0.4, -0.2) is 79.9 Å². The van der Waals surface area contributed by atoms with Crippen molar-refractivity contribution in [1.29, 1.82) is 0 Å². The number of para-hydroxylation sites is 1. The molecule has 5 aliphatic rings. The summed E-state index contributed by atoms with van der Waals surface area (Å²) in [5.74, 6) is 1.83. The molecule has 1 aliphatic heterocycles. The van der Waals surface area contributed by atoms with E-state index in [0.29, 0.717) is 62.2 Å². The minimum absolute atomic E-state index is 0.00821. The van der Waals surface area contributed by atoms with Gasteiger partial charge >= 0.3 is 6.18 Å². The SMILES string of the molecule is CS(=O)(=O)NC12CC3CC(C1)C(CC(CNC(=O)c1ccccc1O)N1CCN(c4ccc(C(F)(F)F)cn4)CC1)C(C3)C2. The molecule has 3 unspecified atom stereocenters. The number of carbonyl (C=O) groups is 1. The molecule has 44 heavy (non-hydrogen) atoms. The molecule has 7 rings (SSSR count). The first-order valence-corrected chi connectivity index (χ1v) is 17.3. The Balaban J connectivity index is 1.16. The van der Waals surface area contributed by atoms with Crippen molar-refractivity contribution in [2.24, 2.45) is 23.7 Å². The maximum Gasteiger partial charge on any atom is 0.417 e. The Labute approximate surface area is 256 Å². The third-order valence-corrected chi connectivity index (χ3v) is 11.1. The number of hydrogen-bond acceptors (Lipinski definition) is 7. The van der Waals surface area contributed by atoms with E-state index in [1.165, 1.54) is 18.4 Å². The van der Waals surface area contributed by atoms with Crippen LogP contribution in [0, 0.1) is 23.7 Å². The zero-order valence-electron chi connectivity index (χ0n) is 24.8. The number of aromatic nitrogens is 1. The number of pyridine rings is 1. The lowest BCUT2D eigenvalue weighted by atomic mass is 9.48. The number of nitrogens with zero attached hydrogens (tertiary/aromatic N) is 3. The fourth-order valence-electron chi connectivity index (χ4n) is 8.74. The molecule has 9 nitrogen and oxygen atoms in total. The number of rotatable bonds is 9. The molecule has 2 aromatic rings. The van der Waals surface area contributed by atoms with Crippen molar-refractivity contribution in [2.75, 3.05) is 43.9 Å². The Morgan fingerprint density at radius 2 is 1.75 bits per heavy atom. The van der Waals surface area contributed by atoms with Crippen LogP contribution in [-0.2, 0) is 16.2 Å². The second kappa shape index (κ2) is 11.8. The number of sulfonamides is 1. The Morgan fingerprint density at radius 3 is 2.34 bits per heavy atom. The number of anilines is 1. The lowest BCUT2D eigenvalue weighted by Crippen LogP contribution is -2.63. The van der Waals surface area contributed by atoms with Gasteiger partial charge in [-0.1, -0.05) is 12.1 Å². The minimum Gasteiger partial charge on any atom is -0.507 e. The summed E-state index contributed by atoms with van der Waals surface area (Å²) in [6, 6.07) is 8.92. The van der Waals surface area contributed by atoms with Crippen LogP contribution in [0.3, 0.4) is 0 Å². The highest BCUT2D eigenvalue weighted by molar-refractivity contribution is 7.88. The highest BCUT2D eigenvalue weighted by atomic mass is 32.2. The van der Waals surface area contributed by atoms with E-state index < -0.39 is 21.8 Å². The number of benzene rings is 1. The number of piperazine rings is 1. The van der Waals surface area contributed by atoms with Gasteiger partial charge < -0.3 is 15.3 Å². The van der Waals surface area contributed by atoms with Gasteiger partial charge in [0.2, 0.25) is 10.0 Å². The van der Waals surface area contributed by atoms with Crippen LogP contribution >= 0.6 is 0 Å². The Kier molecular flexibility index (Phi) is 8.33. The maximum atomic E-state index is 13.0. The summed E-state index contributed by atoms with van der Waals surface area (Å²) in [6.45, 7) is 2.87. The Bertz CT molecular complexity index is 1450. The van der Waals surface area contributed by atoms with Crippen LogP contribution in [0.15, 0.2) is 42.6 Å². The third-order valence-electron chi connectivity index (χ3n) is 10.3. The van der Waals surface area contributed by atoms with Gasteiger partial charge in [-0.15, -0.1) is 0 Å². The van der Waals surface area contributed by atoms with Gasteiger partial charge in [0.1, 0.15) is 11.6 Å². The van der Waals surface area contributed by atoms with Crippen LogP contribution in [0.5, 0.6) is 5.75 Å². The predicted molar refractivity (Wildman–Crippen MR) is 160 cm³/mol. The van der Waals surface area contributed by atoms with Crippen LogP contribution in [0.1, 0.15) is 54.4 Å². The normalized spacial score (nSPS) is 29.5. The van der Waals surface area contributed by atoms with E-state index in [1.807, 2.05) is 4.90 Å². The second-order valence-electron chi connectivity index (χ2n) is 13.3. The van der Waals surface area contributed by atoms with E-state index in [0.717, 1.165) is 50.8 Å². The molecule has 240 valence electrons. The molecule has 0 radical (unpaired) electrons. The smallest absolute Gasteiger partial charge is 0.417 e. The lowest BCUT2D eigenvalue weighted by Gasteiger charge is -2.60. The molecule has 13 heteroatoms. The number of phenolic OH excluding ortho intramolecular Hbond substituents is 1. The highest BCUT2D eigenvalue weighted by Gasteiger charge is 2.56. The quantitative estimate of drug-likeness (QED) is 0.384. The second-order valence-corrected chi connectivity index (χ2v) is 15.1. The molecule has 1 amide bonds. The first kappa shape index (κ1) is 31.1. The van der Waals surface area contributed by atoms with Crippen molar-refractivity contribution < 1.29 is 31.5 Å². The van der Waals surface area contributed by atoms with E-state index in [4.69, 9.17) is 0 Å². The monoisotopic (exact) mass is 635 g/mol. The molecule has 1 aromatic heterocycles. The van der Waals surface area contributed by atoms with E-state index in [9.17, 15) is 31.5 Å². The van der Waals surface area contributed by atoms with Crippen molar-refractivity contribution in [3.63, 3.8) is 0 Å². The van der Waals surface area contributed by atoms with Gasteiger partial charge in [-0.05, 0) is 86.5 Å². The summed E-state index contributed by atoms with van der Waals surface area (Å²) in [4.78, 5) is 21.5. The largest absolute Gasteiger partial charge is 0.507 e. The third kappa shape index (κ3) is 6.69. The Morgan fingerprint density at radius 1 is 1.07 bits per heavy atom. The number of aromatic hydroxyl groups is 1. The first-order valence-electron chi connectivity index (χ1n) is 15.4. The van der Waals surface area contributed by atoms with E-state index in [-0.39, 0.29) is 28.8 Å². The molecule has 1 aromatic carbocycles. The molecule has 1 saturated heterocycles. The number of carbonyl (C=O) groups excluding carboxylic acids is 1. The fourth-order valence-corrected chi connectivity index (χ4v) is 9.77. The molecule has 3 atom stereocenters. The van der Waals surface area contributed by atoms with Gasteiger partial charge in [-0.2, -0.15) is 13.2 Å². The van der Waals surface area contributed by atoms with Crippen LogP contribution in [0.25, 0.3) is 0 Å². The molecule has 5 fully saturated rings. The molecular formula is C31H40F3N5O4S. The van der Waals surface area contributed by atoms with Gasteiger partial charge in [-0.25, -0.2) is 18.1 Å². The fraction of sp³-hybridized carbons (Fsp3) is 0.613. The summed E-state index contributed by atoms with van der Waals surface area (Å²) in [5, 5.41) is 13.3. The van der Waals surface area contributed by atoms with Crippen molar-refractivity contribution in [3.8, 4) is 5.75 Å². The minimum atomic E-state index is -4.43. The molecule has 4 saturated carbocycles. The number of alkyl halides is 3. The van der Waals surface area contributed by atoms with E-state index >= 15 is 0 Å². The number of amides is 1. The zero-order valence-corrected chi connectivity index (χ0v) is 25.6. The number of phenols is 1. The van der Waals surface area contributed by atoms with Gasteiger partial charge in [0.15, 0.2) is 0 Å². The number of hydrogen-bond donors (Lipinski definition) is 3. The van der Waals surface area contributed by atoms with Crippen LogP contribution in [0.2, 0.25) is 0 Å². The van der Waals surface area contributed by atoms with Crippen molar-refractivity contribution >= 4 is 21.7 Å². The molecule has 4 aliphatic carbocycles. The summed E-state index contributed by atoms with van der Waals surface area (Å²) >= 11 is 0. The summed E-state index contributed by atoms with van der Waals surface area (Å²) < 4.78 is 66.5. The standard InChI is InChI=1S/C31H40F3N5O4S/c1-44(42,43)37-30-15-20-12-21(16-30)26(22(13-20)17-30)14-24(19-36-29(41)25-4-2-3-5-27(25)40)38-8-10-39(11-9-38)28-7-6-23(18-35-28)31(32,33)34/h2-7,18,20-22,24,26,37,40H,8-17,19H2,1H3,(H,36,41). The van der Waals surface area contributed by atoms with Gasteiger partial charge in [0, 0.05) is 50.5 Å². The lowest BCUT2D eigenvalue weighted by molar-refractivity contribution is -0.137. The summed E-state index contributed by atoms with van der Waals surface area (Å²) in [6.07, 6.45) is 3.30. The van der Waals surface area contributed by atoms with Crippen LogP contribution in [0.4, 0.5) is 19.0 Å². The van der Waals surface area contributed by atoms with Crippen molar-refractivity contribution in [2.45, 2.75) is 56.3 Å². The number of halogens is 3. The first-order chi connectivity index (χ1) is 20.8. The van der Waals surface area contributed by atoms with E-state index in [1.54, 1.807) is 18.2 Å². The average molecular weight is 636 g/mol. The maximum absolute atomic E-state index is 13.0. The van der Waals surface area contributed by atoms with Gasteiger partial charge in [-0.3, -0.25) is 9.69 Å². The highest BCUT2D eigenvalue weighted by Crippen LogP contribution is 2.59. The Hall–Kier alpha value is -2.90. The van der Waals surface area contributed by atoms with E-state index in [2.05, 4.69) is 19.9 Å². The predicted octanol–water partition coefficient (Wildman–Crippen LogP) is 3.86. The molecule has 3 N–H and O–H groups in total. The van der Waals surface area contributed by atoms with Crippen molar-refractivity contribution in [1.82, 2.24) is 19.9 Å². The summed E-state index contributed by atoms with van der Waals surface area (Å²) in [7, 11) is -3.32. The topological polar surface area (TPSA) is 115 Å². The average Bonchev–Trinajstić information content (AvgIpc) is 2.95. The molecular weight excluding hydrogens is 595 g/mol. The molecule has 2 heterocycles. The summed E-state index contributed by atoms with van der Waals surface area (Å²) in [5.41, 5.74) is -0.910. The molecule has 4 bridgehead atoms. The van der Waals surface area contributed by atoms with Gasteiger partial charge in [0.25, 0.3) is 5.91 Å². The molecule has 0 spiro atoms. The zero-order chi connectivity index (χ0) is 31.3. The van der Waals surface area contributed by atoms with Gasteiger partial charge in [0.05, 0.1) is 17.4 Å². The van der Waals surface area contributed by atoms with Crippen LogP contribution < -0.4 is 14.9 Å². The van der Waals surface area contributed by atoms with Crippen molar-refractivity contribution in [3.05, 3.63) is 53.7 Å². The number of nitrogens with one attached hydrogen (secondary N) is 2.